The number of piperazine rings is 1. The van der Waals surface area contributed by atoms with Crippen LogP contribution in [0, 0.1) is 0 Å². The Morgan fingerprint density at radius 3 is 1.89 bits per heavy atom. The van der Waals surface area contributed by atoms with E-state index in [-0.39, 0.29) is 0 Å². The summed E-state index contributed by atoms with van der Waals surface area (Å²) in [7, 11) is 2.15. The van der Waals surface area contributed by atoms with E-state index in [4.69, 9.17) is 4.74 Å². The van der Waals surface area contributed by atoms with E-state index in [1.807, 2.05) is 27.7 Å². The normalized spacial score (nSPS) is 18.9. The van der Waals surface area contributed by atoms with E-state index in [0.717, 1.165) is 32.7 Å². The van der Waals surface area contributed by atoms with Gasteiger partial charge < -0.3 is 15.0 Å². The van der Waals surface area contributed by atoms with Crippen LogP contribution < -0.4 is 5.32 Å². The first kappa shape index (κ1) is 19.9. The third-order valence-electron chi connectivity index (χ3n) is 2.53. The molecule has 0 aromatic carbocycles. The van der Waals surface area contributed by atoms with Crippen LogP contribution in [0.2, 0.25) is 0 Å². The van der Waals surface area contributed by atoms with Crippen LogP contribution in [0.1, 0.15) is 41.0 Å². The van der Waals surface area contributed by atoms with Crippen LogP contribution in [-0.2, 0) is 4.74 Å². The van der Waals surface area contributed by atoms with Crippen LogP contribution in [0.3, 0.4) is 0 Å². The Hall–Kier alpha value is -0.380. The highest BCUT2D eigenvalue weighted by atomic mass is 16.5. The van der Waals surface area contributed by atoms with E-state index in [0.29, 0.717) is 0 Å². The van der Waals surface area contributed by atoms with E-state index in [2.05, 4.69) is 30.3 Å². The second-order valence-electron chi connectivity index (χ2n) is 3.93. The van der Waals surface area contributed by atoms with Gasteiger partial charge >= 0.3 is 0 Å². The Balaban J connectivity index is 0. The number of ether oxygens (including phenoxy) is 1. The first-order chi connectivity index (χ1) is 8.79. The lowest BCUT2D eigenvalue weighted by Crippen LogP contribution is -2.40. The molecule has 2 rings (SSSR count). The number of likely N-dealkylation sites (N-methyl/N-ethyl adjacent to an activating group) is 1. The molecular formula is C15H34N2O. The maximum absolute atomic E-state index is 5.06. The molecule has 1 N–H and O–H groups in total. The molecule has 0 spiro atoms. The highest BCUT2D eigenvalue weighted by Crippen LogP contribution is 2.04. The predicted molar refractivity (Wildman–Crippen MR) is 82.3 cm³/mol. The summed E-state index contributed by atoms with van der Waals surface area (Å²) >= 11 is 0. The lowest BCUT2D eigenvalue weighted by Gasteiger charge is -2.21. The van der Waals surface area contributed by atoms with Gasteiger partial charge in [0.15, 0.2) is 0 Å². The molecule has 0 unspecified atom stereocenters. The van der Waals surface area contributed by atoms with Gasteiger partial charge in [-0.15, -0.1) is 0 Å². The van der Waals surface area contributed by atoms with Crippen molar-refractivity contribution in [2.45, 2.75) is 41.0 Å². The summed E-state index contributed by atoms with van der Waals surface area (Å²) < 4.78 is 5.06. The van der Waals surface area contributed by atoms with Crippen molar-refractivity contribution in [3.63, 3.8) is 0 Å². The Labute approximate surface area is 115 Å². The lowest BCUT2D eigenvalue weighted by molar-refractivity contribution is 0.154. The zero-order chi connectivity index (χ0) is 14.2. The highest BCUT2D eigenvalue weighted by Gasteiger charge is 2.01. The van der Waals surface area contributed by atoms with Gasteiger partial charge in [0.05, 0.1) is 13.2 Å². The molecule has 1 fully saturated rings. The van der Waals surface area contributed by atoms with E-state index in [1.165, 1.54) is 18.7 Å². The fraction of sp³-hybridized carbons (Fsp3) is 0.867. The van der Waals surface area contributed by atoms with Gasteiger partial charge in [-0.1, -0.05) is 39.3 Å². The number of hydrogen-bond donors (Lipinski definition) is 1. The van der Waals surface area contributed by atoms with Crippen molar-refractivity contribution in [2.75, 3.05) is 46.4 Å². The number of rotatable bonds is 0. The number of hydrogen-bond acceptors (Lipinski definition) is 3. The molecule has 0 radical (unpaired) electrons. The van der Waals surface area contributed by atoms with Crippen molar-refractivity contribution in [3.05, 3.63) is 11.6 Å². The third-order valence-corrected chi connectivity index (χ3v) is 2.53. The van der Waals surface area contributed by atoms with Crippen molar-refractivity contribution < 1.29 is 4.74 Å². The van der Waals surface area contributed by atoms with E-state index >= 15 is 0 Å². The Kier molecular flexibility index (Phi) is 18.4. The minimum absolute atomic E-state index is 0.825. The number of nitrogens with one attached hydrogen (secondary N) is 1. The molecule has 0 saturated carbocycles. The van der Waals surface area contributed by atoms with Crippen LogP contribution >= 0.6 is 0 Å². The van der Waals surface area contributed by atoms with E-state index in [9.17, 15) is 0 Å². The van der Waals surface area contributed by atoms with Crippen LogP contribution in [0.15, 0.2) is 11.6 Å². The molecule has 0 aromatic heterocycles. The standard InChI is InChI=1S/C6H10O.C5H12N2.2C2H6/c1-6-2-4-7-5-3-6;1-7-4-2-6-3-5-7;2*1-2/h2H,3-5H2,1H3;6H,2-5H2,1H3;2*1-2H3. The predicted octanol–water partition coefficient (Wildman–Crippen LogP) is 2.93. The van der Waals surface area contributed by atoms with Crippen molar-refractivity contribution in [3.8, 4) is 0 Å². The van der Waals surface area contributed by atoms with Crippen LogP contribution in [0.5, 0.6) is 0 Å². The van der Waals surface area contributed by atoms with Crippen molar-refractivity contribution in [1.82, 2.24) is 10.2 Å². The fourth-order valence-electron chi connectivity index (χ4n) is 1.40. The van der Waals surface area contributed by atoms with Crippen LogP contribution in [0.25, 0.3) is 0 Å². The fourth-order valence-corrected chi connectivity index (χ4v) is 1.40. The zero-order valence-corrected chi connectivity index (χ0v) is 13.4. The molecule has 110 valence electrons. The van der Waals surface area contributed by atoms with Gasteiger partial charge in [0, 0.05) is 26.2 Å². The van der Waals surface area contributed by atoms with Crippen LogP contribution in [-0.4, -0.2) is 51.3 Å². The molecular weight excluding hydrogens is 224 g/mol. The Bertz CT molecular complexity index is 175. The van der Waals surface area contributed by atoms with Gasteiger partial charge in [0.1, 0.15) is 0 Å². The molecule has 0 aliphatic carbocycles. The molecule has 2 aliphatic heterocycles. The minimum Gasteiger partial charge on any atom is -0.377 e. The van der Waals surface area contributed by atoms with Gasteiger partial charge in [-0.3, -0.25) is 0 Å². The summed E-state index contributed by atoms with van der Waals surface area (Å²) in [6.45, 7) is 16.6. The van der Waals surface area contributed by atoms with Gasteiger partial charge in [0.2, 0.25) is 0 Å². The van der Waals surface area contributed by atoms with Gasteiger partial charge in [-0.05, 0) is 20.4 Å². The average molecular weight is 258 g/mol. The second-order valence-corrected chi connectivity index (χ2v) is 3.93. The average Bonchev–Trinajstić information content (AvgIpc) is 2.46. The molecule has 3 heteroatoms. The summed E-state index contributed by atoms with van der Waals surface area (Å²) in [4.78, 5) is 2.33. The molecule has 2 heterocycles. The molecule has 0 amide bonds. The molecule has 1 saturated heterocycles. The maximum Gasteiger partial charge on any atom is 0.0650 e. The summed E-state index contributed by atoms with van der Waals surface area (Å²) in [5.41, 5.74) is 1.46. The quantitative estimate of drug-likeness (QED) is 0.676. The Morgan fingerprint density at radius 1 is 1.11 bits per heavy atom. The Morgan fingerprint density at radius 2 is 1.67 bits per heavy atom. The van der Waals surface area contributed by atoms with Gasteiger partial charge in [-0.2, -0.15) is 0 Å². The number of nitrogens with zero attached hydrogens (tertiary/aromatic N) is 1. The van der Waals surface area contributed by atoms with Crippen molar-refractivity contribution in [2.24, 2.45) is 0 Å². The first-order valence-electron chi connectivity index (χ1n) is 7.41. The largest absolute Gasteiger partial charge is 0.377 e. The summed E-state index contributed by atoms with van der Waals surface area (Å²) in [5, 5.41) is 3.27. The molecule has 0 atom stereocenters. The SMILES string of the molecule is CC.CC.CC1=CCOCC1.CN1CCNCC1. The van der Waals surface area contributed by atoms with E-state index in [1.54, 1.807) is 0 Å². The van der Waals surface area contributed by atoms with Crippen LogP contribution in [0.4, 0.5) is 0 Å². The molecule has 3 nitrogen and oxygen atoms in total. The molecule has 0 bridgehead atoms. The summed E-state index contributed by atoms with van der Waals surface area (Å²) in [6, 6.07) is 0. The maximum atomic E-state index is 5.06. The zero-order valence-electron chi connectivity index (χ0n) is 13.4. The smallest absolute Gasteiger partial charge is 0.0650 e. The van der Waals surface area contributed by atoms with Gasteiger partial charge in [0.25, 0.3) is 0 Å². The summed E-state index contributed by atoms with van der Waals surface area (Å²) in [5.74, 6) is 0. The topological polar surface area (TPSA) is 24.5 Å². The van der Waals surface area contributed by atoms with Crippen molar-refractivity contribution >= 4 is 0 Å². The monoisotopic (exact) mass is 258 g/mol. The first-order valence-corrected chi connectivity index (χ1v) is 7.41. The van der Waals surface area contributed by atoms with Crippen molar-refractivity contribution in [1.29, 1.82) is 0 Å². The molecule has 2 aliphatic rings. The van der Waals surface area contributed by atoms with E-state index < -0.39 is 0 Å². The molecule has 0 aromatic rings. The minimum atomic E-state index is 0.825. The van der Waals surface area contributed by atoms with Gasteiger partial charge in [-0.25, -0.2) is 0 Å². The molecule has 18 heavy (non-hydrogen) atoms. The summed E-state index contributed by atoms with van der Waals surface area (Å²) in [6.07, 6.45) is 3.25. The highest BCUT2D eigenvalue weighted by molar-refractivity contribution is 4.99. The second kappa shape index (κ2) is 16.6. The lowest BCUT2D eigenvalue weighted by atomic mass is 10.2. The third kappa shape index (κ3) is 13.7.